The molecule has 0 spiro atoms. The van der Waals surface area contributed by atoms with Gasteiger partial charge in [-0.2, -0.15) is 0 Å². The van der Waals surface area contributed by atoms with Crippen LogP contribution in [0.3, 0.4) is 0 Å². The molecule has 7 rings (SSSR count). The van der Waals surface area contributed by atoms with Crippen LogP contribution < -0.4 is 21.3 Å². The van der Waals surface area contributed by atoms with Crippen LogP contribution in [0.4, 0.5) is 5.82 Å². The van der Waals surface area contributed by atoms with Crippen molar-refractivity contribution in [2.24, 2.45) is 5.41 Å². The monoisotopic (exact) mass is 982 g/mol. The lowest BCUT2D eigenvalue weighted by atomic mass is 9.85. The van der Waals surface area contributed by atoms with Crippen LogP contribution in [0.5, 0.6) is 0 Å². The van der Waals surface area contributed by atoms with Gasteiger partial charge in [0.25, 0.3) is 5.91 Å². The highest BCUT2D eigenvalue weighted by atomic mass is 32.1. The summed E-state index contributed by atoms with van der Waals surface area (Å²) in [7, 11) is 0. The second kappa shape index (κ2) is 24.3. The summed E-state index contributed by atoms with van der Waals surface area (Å²) >= 11 is 1.57. The summed E-state index contributed by atoms with van der Waals surface area (Å²) in [5.74, 6) is -1.23. The van der Waals surface area contributed by atoms with E-state index in [1.54, 1.807) is 27.8 Å². The maximum absolute atomic E-state index is 14.0. The van der Waals surface area contributed by atoms with Gasteiger partial charge in [-0.25, -0.2) is 15.0 Å². The highest BCUT2D eigenvalue weighted by molar-refractivity contribution is 7.13. The van der Waals surface area contributed by atoms with Crippen molar-refractivity contribution >= 4 is 46.7 Å². The van der Waals surface area contributed by atoms with Gasteiger partial charge in [-0.05, 0) is 41.0 Å². The van der Waals surface area contributed by atoms with Crippen molar-refractivity contribution in [3.05, 3.63) is 94.5 Å². The first-order valence-electron chi connectivity index (χ1n) is 23.9. The van der Waals surface area contributed by atoms with Gasteiger partial charge in [-0.3, -0.25) is 28.9 Å². The summed E-state index contributed by atoms with van der Waals surface area (Å²) < 4.78 is 11.2. The van der Waals surface area contributed by atoms with Gasteiger partial charge in [-0.1, -0.05) is 69.3 Å². The number of fused-ring (bicyclic) bond motifs is 1. The number of likely N-dealkylation sites (tertiary alicyclic amines) is 2. The minimum Gasteiger partial charge on any atom is -0.391 e. The van der Waals surface area contributed by atoms with Gasteiger partial charge < -0.3 is 50.8 Å². The number of carbonyl (C=O) groups excluding carboxylic acids is 5. The van der Waals surface area contributed by atoms with E-state index in [0.717, 1.165) is 41.2 Å². The van der Waals surface area contributed by atoms with E-state index in [4.69, 9.17) is 9.47 Å². The fraction of sp³-hybridized carbons (Fsp3) is 0.520. The lowest BCUT2D eigenvalue weighted by Crippen LogP contribution is -2.57. The van der Waals surface area contributed by atoms with Crippen molar-refractivity contribution in [3.63, 3.8) is 0 Å². The van der Waals surface area contributed by atoms with E-state index in [-0.39, 0.29) is 88.9 Å². The van der Waals surface area contributed by atoms with Crippen LogP contribution in [0.1, 0.15) is 72.9 Å². The average molecular weight is 983 g/mol. The molecule has 3 aliphatic rings. The first-order chi connectivity index (χ1) is 33.6. The molecule has 0 bridgehead atoms. The summed E-state index contributed by atoms with van der Waals surface area (Å²) in [5.41, 5.74) is 6.76. The summed E-state index contributed by atoms with van der Waals surface area (Å²) in [4.78, 5) is 85.0. The number of rotatable bonds is 22. The molecule has 70 heavy (non-hydrogen) atoms. The molecule has 5 amide bonds. The zero-order chi connectivity index (χ0) is 49.8. The SMILES string of the molecule is Cc1ncsc1-c1ccc(CNC(=O)[C@@H]2C[C@@H](O)CN2C(=O)[C@@H](NC(=O)CCOCCOCCC(=O)N2CC(Nc3cc(C(=O)NC[C@H](O)CN4CCc5ccccc5C4)ncn3)C2)C(C)(C)C)cc1. The molecule has 4 atom stereocenters. The first kappa shape index (κ1) is 51.9. The van der Waals surface area contributed by atoms with Gasteiger partial charge >= 0.3 is 0 Å². The molecule has 19 nitrogen and oxygen atoms in total. The second-order valence-corrected chi connectivity index (χ2v) is 20.1. The molecule has 5 heterocycles. The molecule has 4 aromatic rings. The van der Waals surface area contributed by atoms with Gasteiger partial charge in [0.15, 0.2) is 0 Å². The van der Waals surface area contributed by atoms with E-state index < -0.39 is 47.4 Å². The van der Waals surface area contributed by atoms with Crippen molar-refractivity contribution in [1.29, 1.82) is 0 Å². The number of hydrogen-bond donors (Lipinski definition) is 6. The predicted molar refractivity (Wildman–Crippen MR) is 262 cm³/mol. The van der Waals surface area contributed by atoms with Gasteiger partial charge in [0.2, 0.25) is 23.6 Å². The number of aryl methyl sites for hydroxylation is 1. The number of aliphatic hydroxyl groups excluding tert-OH is 2. The minimum absolute atomic E-state index is 0.0144. The number of amides is 5. The fourth-order valence-electron chi connectivity index (χ4n) is 8.73. The summed E-state index contributed by atoms with van der Waals surface area (Å²) in [6.45, 7) is 11.4. The van der Waals surface area contributed by atoms with Gasteiger partial charge in [0.05, 0.1) is 67.2 Å². The Balaban J connectivity index is 0.737. The lowest BCUT2D eigenvalue weighted by Gasteiger charge is -2.39. The minimum atomic E-state index is -0.957. The van der Waals surface area contributed by atoms with E-state index in [2.05, 4.69) is 53.3 Å². The molecule has 3 aliphatic heterocycles. The molecule has 0 saturated carbocycles. The maximum atomic E-state index is 14.0. The number of nitrogens with zero attached hydrogens (tertiary/aromatic N) is 6. The number of carbonyl (C=O) groups is 5. The van der Waals surface area contributed by atoms with E-state index in [1.165, 1.54) is 22.4 Å². The second-order valence-electron chi connectivity index (χ2n) is 19.2. The van der Waals surface area contributed by atoms with Gasteiger partial charge in [-0.15, -0.1) is 11.3 Å². The normalized spacial score (nSPS) is 18.1. The zero-order valence-electron chi connectivity index (χ0n) is 40.4. The Kier molecular flexibility index (Phi) is 18.0. The Morgan fingerprint density at radius 1 is 0.900 bits per heavy atom. The molecule has 0 radical (unpaired) electrons. The quantitative estimate of drug-likeness (QED) is 0.0620. The lowest BCUT2D eigenvalue weighted by molar-refractivity contribution is -0.144. The van der Waals surface area contributed by atoms with E-state index in [1.807, 2.05) is 64.1 Å². The average Bonchev–Trinajstić information content (AvgIpc) is 3.95. The largest absolute Gasteiger partial charge is 0.391 e. The van der Waals surface area contributed by atoms with Gasteiger partial charge in [0.1, 0.15) is 29.9 Å². The first-order valence-corrected chi connectivity index (χ1v) is 24.8. The van der Waals surface area contributed by atoms with Crippen molar-refractivity contribution in [1.82, 2.24) is 45.6 Å². The number of aliphatic hydroxyl groups is 2. The van der Waals surface area contributed by atoms with Crippen LogP contribution in [0.25, 0.3) is 10.4 Å². The Morgan fingerprint density at radius 2 is 1.63 bits per heavy atom. The number of hydrogen-bond acceptors (Lipinski definition) is 15. The zero-order valence-corrected chi connectivity index (χ0v) is 41.2. The Bertz CT molecular complexity index is 2430. The van der Waals surface area contributed by atoms with Crippen molar-refractivity contribution in [2.75, 3.05) is 71.0 Å². The Labute approximate surface area is 412 Å². The number of nitrogens with one attached hydrogen (secondary N) is 4. The molecule has 6 N–H and O–H groups in total. The molecule has 2 saturated heterocycles. The molecule has 0 aliphatic carbocycles. The molecule has 2 fully saturated rings. The van der Waals surface area contributed by atoms with Crippen LogP contribution >= 0.6 is 11.3 Å². The number of benzene rings is 2. The van der Waals surface area contributed by atoms with Gasteiger partial charge in [0, 0.05) is 71.3 Å². The predicted octanol–water partition coefficient (Wildman–Crippen LogP) is 2.30. The molecule has 20 heteroatoms. The van der Waals surface area contributed by atoms with E-state index in [9.17, 15) is 34.2 Å². The summed E-state index contributed by atoms with van der Waals surface area (Å²) in [6, 6.07) is 15.8. The van der Waals surface area contributed by atoms with Crippen LogP contribution in [0.2, 0.25) is 0 Å². The molecule has 0 unspecified atom stereocenters. The van der Waals surface area contributed by atoms with Crippen molar-refractivity contribution in [2.45, 2.75) is 96.8 Å². The van der Waals surface area contributed by atoms with E-state index >= 15 is 0 Å². The molecular weight excluding hydrogens is 917 g/mol. The molecule has 2 aromatic carbocycles. The summed E-state index contributed by atoms with van der Waals surface area (Å²) in [5, 5.41) is 32.9. The third-order valence-corrected chi connectivity index (χ3v) is 13.7. The van der Waals surface area contributed by atoms with E-state index in [0.29, 0.717) is 25.5 Å². The maximum Gasteiger partial charge on any atom is 0.270 e. The molecular formula is C50H66N10O9S. The third kappa shape index (κ3) is 14.4. The molecule has 2 aromatic heterocycles. The topological polar surface area (TPSA) is 241 Å². The number of ether oxygens (including phenoxy) is 2. The fourth-order valence-corrected chi connectivity index (χ4v) is 9.55. The van der Waals surface area contributed by atoms with Crippen LogP contribution in [-0.2, 0) is 48.2 Å². The summed E-state index contributed by atoms with van der Waals surface area (Å²) in [6.07, 6.45) is 0.879. The molecule has 376 valence electrons. The highest BCUT2D eigenvalue weighted by Gasteiger charge is 2.44. The number of thiazole rings is 1. The number of β-amino-alcohol motifs (C(OH)–C–C–N with tert-alkyl or cyclic N) is 2. The Morgan fingerprint density at radius 3 is 2.34 bits per heavy atom. The Hall–Kier alpha value is -5.90. The van der Waals surface area contributed by atoms with Crippen molar-refractivity contribution < 1.29 is 43.7 Å². The standard InChI is InChI=1S/C50H66N10O9S/c1-32-45(70-31-55-32)35-11-9-33(10-12-35)23-51-48(66)41-21-38(61)29-60(41)49(67)46(50(2,3)4)57-43(63)14-17-68-19-20-69-18-15-44(64)59-26-37(27-59)56-42-22-40(53-30-54-42)47(65)52-24-39(62)28-58-16-13-34-7-5-6-8-36(34)25-58/h5-12,22,30-31,37-39,41,46,61-62H,13-21,23-29H2,1-4H3,(H,51,66)(H,52,65)(H,57,63)(H,53,54,56)/t38-,39+,41+,46-/m1/s1. The smallest absolute Gasteiger partial charge is 0.270 e. The van der Waals surface area contributed by atoms with Crippen molar-refractivity contribution in [3.8, 4) is 10.4 Å². The van der Waals surface area contributed by atoms with Crippen LogP contribution in [-0.4, -0.2) is 165 Å². The van der Waals surface area contributed by atoms with Crippen LogP contribution in [0, 0.1) is 12.3 Å². The number of aromatic nitrogens is 3. The highest BCUT2D eigenvalue weighted by Crippen LogP contribution is 2.29. The third-order valence-electron chi connectivity index (χ3n) is 12.7. The van der Waals surface area contributed by atoms with Crippen LogP contribution in [0.15, 0.2) is 66.4 Å². The number of anilines is 1.